The van der Waals surface area contributed by atoms with E-state index in [-0.39, 0.29) is 0 Å². The summed E-state index contributed by atoms with van der Waals surface area (Å²) in [6.45, 7) is 3.02. The predicted molar refractivity (Wildman–Crippen MR) is 78.7 cm³/mol. The van der Waals surface area contributed by atoms with Crippen LogP contribution in [0.3, 0.4) is 0 Å². The molecule has 0 unspecified atom stereocenters. The number of imidazole rings is 1. The van der Waals surface area contributed by atoms with Crippen LogP contribution in [0.25, 0.3) is 11.3 Å². The predicted octanol–water partition coefficient (Wildman–Crippen LogP) is 2.92. The van der Waals surface area contributed by atoms with Crippen LogP contribution in [-0.4, -0.2) is 23.1 Å². The van der Waals surface area contributed by atoms with Crippen LogP contribution in [0, 0.1) is 6.92 Å². The number of hydrogen-bond acceptors (Lipinski definition) is 2. The number of nitrogens with one attached hydrogen (secondary N) is 1. The fourth-order valence-corrected chi connectivity index (χ4v) is 2.59. The Morgan fingerprint density at radius 3 is 2.83 bits per heavy atom. The number of likely N-dealkylation sites (N-methyl/N-ethyl adjacent to an activating group) is 1. The summed E-state index contributed by atoms with van der Waals surface area (Å²) in [7, 11) is 4.05. The van der Waals surface area contributed by atoms with Crippen molar-refractivity contribution in [3.63, 3.8) is 0 Å². The van der Waals surface area contributed by atoms with Gasteiger partial charge in [0.15, 0.2) is 0 Å². The maximum absolute atomic E-state index is 4.66. The molecule has 2 rings (SSSR count). The molecule has 0 amide bonds. The summed E-state index contributed by atoms with van der Waals surface area (Å²) in [4.78, 5) is 4.66. The van der Waals surface area contributed by atoms with Crippen molar-refractivity contribution in [3.8, 4) is 11.3 Å². The van der Waals surface area contributed by atoms with Gasteiger partial charge in [-0.3, -0.25) is 0 Å². The van der Waals surface area contributed by atoms with Gasteiger partial charge in [-0.2, -0.15) is 0 Å². The quantitative estimate of drug-likeness (QED) is 0.941. The fraction of sp³-hybridized carbons (Fsp3) is 0.357. The summed E-state index contributed by atoms with van der Waals surface area (Å²) in [6.07, 6.45) is 0.946. The minimum atomic E-state index is 0.946. The van der Waals surface area contributed by atoms with Crippen molar-refractivity contribution >= 4 is 15.9 Å². The zero-order valence-corrected chi connectivity index (χ0v) is 12.6. The van der Waals surface area contributed by atoms with Gasteiger partial charge in [0.1, 0.15) is 5.82 Å². The highest BCUT2D eigenvalue weighted by atomic mass is 79.9. The van der Waals surface area contributed by atoms with Crippen molar-refractivity contribution in [1.82, 2.24) is 14.9 Å². The molecule has 1 N–H and O–H groups in total. The van der Waals surface area contributed by atoms with Crippen LogP contribution in [0.4, 0.5) is 0 Å². The standard InChI is InChI=1S/C14H18BrN3/c1-10-14(11-5-4-6-12(15)9-11)18(3)13(17-10)7-8-16-2/h4-6,9,16H,7-8H2,1-3H3. The summed E-state index contributed by atoms with van der Waals surface area (Å²) in [5, 5.41) is 3.16. The molecule has 0 saturated heterocycles. The third kappa shape index (κ3) is 2.65. The minimum Gasteiger partial charge on any atom is -0.331 e. The van der Waals surface area contributed by atoms with Crippen LogP contribution in [0.5, 0.6) is 0 Å². The molecule has 0 aliphatic heterocycles. The second-order valence-corrected chi connectivity index (χ2v) is 5.30. The molecule has 0 spiro atoms. The number of rotatable bonds is 4. The van der Waals surface area contributed by atoms with E-state index in [4.69, 9.17) is 0 Å². The van der Waals surface area contributed by atoms with E-state index in [2.05, 4.69) is 63.0 Å². The van der Waals surface area contributed by atoms with Crippen molar-refractivity contribution in [1.29, 1.82) is 0 Å². The monoisotopic (exact) mass is 307 g/mol. The van der Waals surface area contributed by atoms with Gasteiger partial charge in [-0.15, -0.1) is 0 Å². The molecular weight excluding hydrogens is 290 g/mol. The summed E-state index contributed by atoms with van der Waals surface area (Å²) in [5.74, 6) is 1.12. The maximum atomic E-state index is 4.66. The lowest BCUT2D eigenvalue weighted by atomic mass is 10.1. The molecule has 1 heterocycles. The average molecular weight is 308 g/mol. The molecule has 0 aliphatic rings. The van der Waals surface area contributed by atoms with Gasteiger partial charge in [-0.05, 0) is 26.1 Å². The Kier molecular flexibility index (Phi) is 4.19. The molecule has 18 heavy (non-hydrogen) atoms. The zero-order chi connectivity index (χ0) is 13.1. The van der Waals surface area contributed by atoms with Gasteiger partial charge in [0, 0.05) is 30.0 Å². The average Bonchev–Trinajstić information content (AvgIpc) is 2.62. The number of halogens is 1. The van der Waals surface area contributed by atoms with Crippen LogP contribution in [-0.2, 0) is 13.5 Å². The van der Waals surface area contributed by atoms with Gasteiger partial charge in [0.05, 0.1) is 11.4 Å². The maximum Gasteiger partial charge on any atom is 0.110 e. The highest BCUT2D eigenvalue weighted by Crippen LogP contribution is 2.26. The highest BCUT2D eigenvalue weighted by molar-refractivity contribution is 9.10. The van der Waals surface area contributed by atoms with Crippen LogP contribution >= 0.6 is 15.9 Å². The molecular formula is C14H18BrN3. The Bertz CT molecular complexity index is 546. The first-order valence-corrected chi connectivity index (χ1v) is 6.85. The van der Waals surface area contributed by atoms with E-state index in [1.165, 1.54) is 11.3 Å². The Hall–Kier alpha value is -1.13. The van der Waals surface area contributed by atoms with E-state index < -0.39 is 0 Å². The van der Waals surface area contributed by atoms with Gasteiger partial charge in [-0.25, -0.2) is 4.98 Å². The topological polar surface area (TPSA) is 29.9 Å². The molecule has 1 aromatic carbocycles. The number of aromatic nitrogens is 2. The number of hydrogen-bond donors (Lipinski definition) is 1. The lowest BCUT2D eigenvalue weighted by Gasteiger charge is -2.07. The molecule has 0 saturated carbocycles. The van der Waals surface area contributed by atoms with Gasteiger partial charge in [0.2, 0.25) is 0 Å². The van der Waals surface area contributed by atoms with Crippen molar-refractivity contribution in [2.45, 2.75) is 13.3 Å². The summed E-state index contributed by atoms with van der Waals surface area (Å²) < 4.78 is 3.28. The molecule has 0 bridgehead atoms. The van der Waals surface area contributed by atoms with Gasteiger partial charge in [-0.1, -0.05) is 28.1 Å². The van der Waals surface area contributed by atoms with E-state index in [9.17, 15) is 0 Å². The number of aryl methyl sites for hydroxylation is 1. The first-order valence-electron chi connectivity index (χ1n) is 6.06. The van der Waals surface area contributed by atoms with Crippen LogP contribution in [0.2, 0.25) is 0 Å². The Morgan fingerprint density at radius 2 is 2.17 bits per heavy atom. The minimum absolute atomic E-state index is 0.946. The SMILES string of the molecule is CNCCc1nc(C)c(-c2cccc(Br)c2)n1C. The summed E-state index contributed by atoms with van der Waals surface area (Å²) >= 11 is 3.52. The van der Waals surface area contributed by atoms with Crippen molar-refractivity contribution in [3.05, 3.63) is 40.3 Å². The van der Waals surface area contributed by atoms with Gasteiger partial charge in [0.25, 0.3) is 0 Å². The van der Waals surface area contributed by atoms with Crippen molar-refractivity contribution in [2.24, 2.45) is 7.05 Å². The van der Waals surface area contributed by atoms with Crippen LogP contribution < -0.4 is 5.32 Å². The largest absolute Gasteiger partial charge is 0.331 e. The molecule has 2 aromatic rings. The third-order valence-electron chi connectivity index (χ3n) is 3.06. The Labute approximate surface area is 116 Å². The van der Waals surface area contributed by atoms with E-state index in [1.54, 1.807) is 0 Å². The fourth-order valence-electron chi connectivity index (χ4n) is 2.19. The van der Waals surface area contributed by atoms with Crippen LogP contribution in [0.1, 0.15) is 11.5 Å². The molecule has 4 heteroatoms. The molecule has 1 aromatic heterocycles. The van der Waals surface area contributed by atoms with Crippen LogP contribution in [0.15, 0.2) is 28.7 Å². The second-order valence-electron chi connectivity index (χ2n) is 4.38. The first-order chi connectivity index (χ1) is 8.63. The Balaban J connectivity index is 2.42. The zero-order valence-electron chi connectivity index (χ0n) is 11.0. The van der Waals surface area contributed by atoms with E-state index in [0.717, 1.165) is 29.0 Å². The Morgan fingerprint density at radius 1 is 1.39 bits per heavy atom. The molecule has 0 atom stereocenters. The summed E-state index contributed by atoms with van der Waals surface area (Å²) in [6, 6.07) is 8.35. The normalized spacial score (nSPS) is 10.9. The highest BCUT2D eigenvalue weighted by Gasteiger charge is 2.12. The van der Waals surface area contributed by atoms with E-state index in [1.807, 2.05) is 13.1 Å². The molecule has 3 nitrogen and oxygen atoms in total. The first kappa shape index (κ1) is 13.3. The van der Waals surface area contributed by atoms with E-state index >= 15 is 0 Å². The smallest absolute Gasteiger partial charge is 0.110 e. The number of nitrogens with zero attached hydrogens (tertiary/aromatic N) is 2. The molecule has 0 radical (unpaired) electrons. The van der Waals surface area contributed by atoms with Gasteiger partial charge < -0.3 is 9.88 Å². The lowest BCUT2D eigenvalue weighted by Crippen LogP contribution is -2.13. The lowest BCUT2D eigenvalue weighted by molar-refractivity contribution is 0.720. The van der Waals surface area contributed by atoms with E-state index in [0.29, 0.717) is 0 Å². The second kappa shape index (κ2) is 5.67. The third-order valence-corrected chi connectivity index (χ3v) is 3.55. The van der Waals surface area contributed by atoms with Gasteiger partial charge >= 0.3 is 0 Å². The summed E-state index contributed by atoms with van der Waals surface area (Å²) in [5.41, 5.74) is 3.48. The molecule has 0 aliphatic carbocycles. The number of benzene rings is 1. The molecule has 0 fully saturated rings. The van der Waals surface area contributed by atoms with Crippen molar-refractivity contribution < 1.29 is 0 Å². The van der Waals surface area contributed by atoms with Crippen molar-refractivity contribution in [2.75, 3.05) is 13.6 Å². The molecule has 96 valence electrons.